The summed E-state index contributed by atoms with van der Waals surface area (Å²) >= 11 is 0. The van der Waals surface area contributed by atoms with Crippen molar-refractivity contribution < 1.29 is 9.53 Å². The summed E-state index contributed by atoms with van der Waals surface area (Å²) in [4.78, 5) is 14.7. The molecule has 2 heterocycles. The second-order valence-corrected chi connectivity index (χ2v) is 6.21. The topological polar surface area (TPSA) is 41.6 Å². The van der Waals surface area contributed by atoms with E-state index in [4.69, 9.17) is 4.74 Å². The Hall–Kier alpha value is -0.610. The lowest BCUT2D eigenvalue weighted by atomic mass is 9.96. The molecule has 1 N–H and O–H groups in total. The summed E-state index contributed by atoms with van der Waals surface area (Å²) < 4.78 is 5.46. The summed E-state index contributed by atoms with van der Waals surface area (Å²) in [5, 5.41) is 3.43. The van der Waals surface area contributed by atoms with Gasteiger partial charge in [-0.25, -0.2) is 0 Å². The average Bonchev–Trinajstić information content (AvgIpc) is 2.46. The Morgan fingerprint density at radius 2 is 2.21 bits per heavy atom. The molecule has 0 radical (unpaired) electrons. The Labute approximate surface area is 116 Å². The molecule has 0 aliphatic carbocycles. The Kier molecular flexibility index (Phi) is 5.64. The number of nitrogens with one attached hydrogen (secondary N) is 1. The van der Waals surface area contributed by atoms with Crippen LogP contribution in [0.1, 0.15) is 39.5 Å². The van der Waals surface area contributed by atoms with Crippen LogP contribution in [0.25, 0.3) is 0 Å². The van der Waals surface area contributed by atoms with Gasteiger partial charge in [-0.3, -0.25) is 4.79 Å². The first kappa shape index (κ1) is 14.8. The predicted molar refractivity (Wildman–Crippen MR) is 76.0 cm³/mol. The maximum absolute atomic E-state index is 12.6. The van der Waals surface area contributed by atoms with E-state index in [-0.39, 0.29) is 12.0 Å². The third kappa shape index (κ3) is 4.18. The van der Waals surface area contributed by atoms with Crippen LogP contribution in [-0.2, 0) is 9.53 Å². The van der Waals surface area contributed by atoms with E-state index < -0.39 is 0 Å². The molecule has 2 rings (SSSR count). The molecule has 0 bridgehead atoms. The van der Waals surface area contributed by atoms with Crippen LogP contribution in [0.4, 0.5) is 0 Å². The zero-order valence-electron chi connectivity index (χ0n) is 12.4. The Morgan fingerprint density at radius 1 is 1.37 bits per heavy atom. The van der Waals surface area contributed by atoms with E-state index in [2.05, 4.69) is 24.1 Å². The number of ether oxygens (including phenoxy) is 1. The van der Waals surface area contributed by atoms with Gasteiger partial charge in [-0.15, -0.1) is 0 Å². The van der Waals surface area contributed by atoms with Crippen LogP contribution in [-0.4, -0.2) is 49.7 Å². The predicted octanol–water partition coefficient (Wildman–Crippen LogP) is 1.65. The molecule has 2 aliphatic rings. The molecular weight excluding hydrogens is 240 g/mol. The van der Waals surface area contributed by atoms with Crippen LogP contribution >= 0.6 is 0 Å². The third-order valence-electron chi connectivity index (χ3n) is 4.27. The van der Waals surface area contributed by atoms with Crippen molar-refractivity contribution in [2.75, 3.05) is 32.8 Å². The Morgan fingerprint density at radius 3 is 2.79 bits per heavy atom. The Bertz CT molecular complexity index is 282. The first-order valence-corrected chi connectivity index (χ1v) is 7.77. The quantitative estimate of drug-likeness (QED) is 0.843. The number of piperidine rings is 1. The van der Waals surface area contributed by atoms with Gasteiger partial charge in [-0.2, -0.15) is 0 Å². The van der Waals surface area contributed by atoms with E-state index in [0.29, 0.717) is 18.4 Å². The van der Waals surface area contributed by atoms with Crippen molar-refractivity contribution in [2.24, 2.45) is 11.8 Å². The van der Waals surface area contributed by atoms with Crippen molar-refractivity contribution in [3.05, 3.63) is 0 Å². The molecule has 2 aliphatic heterocycles. The summed E-state index contributed by atoms with van der Waals surface area (Å²) in [5.74, 6) is 1.01. The summed E-state index contributed by atoms with van der Waals surface area (Å²) in [6, 6.07) is 0.288. The van der Waals surface area contributed by atoms with Gasteiger partial charge in [0.2, 0.25) is 5.91 Å². The number of hydrogen-bond donors (Lipinski definition) is 1. The molecular formula is C15H28N2O2. The van der Waals surface area contributed by atoms with E-state index >= 15 is 0 Å². The molecule has 1 amide bonds. The highest BCUT2D eigenvalue weighted by Gasteiger charge is 2.29. The second-order valence-electron chi connectivity index (χ2n) is 6.21. The van der Waals surface area contributed by atoms with Gasteiger partial charge in [-0.1, -0.05) is 0 Å². The third-order valence-corrected chi connectivity index (χ3v) is 4.27. The van der Waals surface area contributed by atoms with E-state index in [1.165, 1.54) is 12.8 Å². The molecule has 2 unspecified atom stereocenters. The fourth-order valence-electron chi connectivity index (χ4n) is 3.08. The normalized spacial score (nSPS) is 28.4. The van der Waals surface area contributed by atoms with Crippen LogP contribution in [0.2, 0.25) is 0 Å². The average molecular weight is 268 g/mol. The Balaban J connectivity index is 1.91. The number of carbonyl (C=O) groups is 1. The number of amides is 1. The lowest BCUT2D eigenvalue weighted by Gasteiger charge is -2.36. The first-order chi connectivity index (χ1) is 9.18. The highest BCUT2D eigenvalue weighted by atomic mass is 16.5. The molecule has 2 saturated heterocycles. The molecule has 4 heteroatoms. The SMILES string of the molecule is CC(C)N(CC1CCCNC1)C(=O)C1CCCOC1. The number of nitrogens with zero attached hydrogens (tertiary/aromatic N) is 1. The van der Waals surface area contributed by atoms with Gasteiger partial charge in [0.05, 0.1) is 12.5 Å². The molecule has 4 nitrogen and oxygen atoms in total. The maximum Gasteiger partial charge on any atom is 0.228 e. The minimum Gasteiger partial charge on any atom is -0.381 e. The zero-order chi connectivity index (χ0) is 13.7. The largest absolute Gasteiger partial charge is 0.381 e. The summed E-state index contributed by atoms with van der Waals surface area (Å²) in [6.45, 7) is 8.76. The van der Waals surface area contributed by atoms with Crippen LogP contribution in [0.3, 0.4) is 0 Å². The van der Waals surface area contributed by atoms with E-state index in [1.54, 1.807) is 0 Å². The summed E-state index contributed by atoms with van der Waals surface area (Å²) in [5.41, 5.74) is 0. The van der Waals surface area contributed by atoms with Crippen molar-refractivity contribution in [2.45, 2.75) is 45.6 Å². The van der Waals surface area contributed by atoms with Crippen molar-refractivity contribution in [1.29, 1.82) is 0 Å². The van der Waals surface area contributed by atoms with Gasteiger partial charge in [0.15, 0.2) is 0 Å². The van der Waals surface area contributed by atoms with Gasteiger partial charge >= 0.3 is 0 Å². The second kappa shape index (κ2) is 7.25. The molecule has 2 fully saturated rings. The molecule has 0 aromatic carbocycles. The highest BCUT2D eigenvalue weighted by molar-refractivity contribution is 5.79. The van der Waals surface area contributed by atoms with Crippen LogP contribution in [0, 0.1) is 11.8 Å². The molecule has 0 saturated carbocycles. The summed E-state index contributed by atoms with van der Waals surface area (Å²) in [6.07, 6.45) is 4.49. The number of rotatable bonds is 4. The summed E-state index contributed by atoms with van der Waals surface area (Å²) in [7, 11) is 0. The minimum atomic E-state index is 0.0905. The van der Waals surface area contributed by atoms with E-state index in [0.717, 1.165) is 39.1 Å². The van der Waals surface area contributed by atoms with Gasteiger partial charge in [0.25, 0.3) is 0 Å². The molecule has 2 atom stereocenters. The minimum absolute atomic E-state index is 0.0905. The number of hydrogen-bond acceptors (Lipinski definition) is 3. The van der Waals surface area contributed by atoms with E-state index in [9.17, 15) is 4.79 Å². The van der Waals surface area contributed by atoms with Crippen LogP contribution in [0.5, 0.6) is 0 Å². The molecule has 0 aromatic rings. The number of carbonyl (C=O) groups excluding carboxylic acids is 1. The fraction of sp³-hybridized carbons (Fsp3) is 0.933. The lowest BCUT2D eigenvalue weighted by Crippen LogP contribution is -2.47. The molecule has 19 heavy (non-hydrogen) atoms. The zero-order valence-corrected chi connectivity index (χ0v) is 12.4. The van der Waals surface area contributed by atoms with Gasteiger partial charge in [0, 0.05) is 19.2 Å². The fourth-order valence-corrected chi connectivity index (χ4v) is 3.08. The lowest BCUT2D eigenvalue weighted by molar-refractivity contribution is -0.142. The maximum atomic E-state index is 12.6. The smallest absolute Gasteiger partial charge is 0.228 e. The highest BCUT2D eigenvalue weighted by Crippen LogP contribution is 2.20. The molecule has 110 valence electrons. The van der Waals surface area contributed by atoms with Gasteiger partial charge in [-0.05, 0) is 58.5 Å². The first-order valence-electron chi connectivity index (χ1n) is 7.77. The van der Waals surface area contributed by atoms with Crippen molar-refractivity contribution in [3.63, 3.8) is 0 Å². The molecule has 0 aromatic heterocycles. The van der Waals surface area contributed by atoms with Crippen LogP contribution < -0.4 is 5.32 Å². The van der Waals surface area contributed by atoms with E-state index in [1.807, 2.05) is 0 Å². The van der Waals surface area contributed by atoms with Crippen molar-refractivity contribution >= 4 is 5.91 Å². The monoisotopic (exact) mass is 268 g/mol. The molecule has 0 spiro atoms. The van der Waals surface area contributed by atoms with Crippen molar-refractivity contribution in [3.8, 4) is 0 Å². The van der Waals surface area contributed by atoms with Crippen LogP contribution in [0.15, 0.2) is 0 Å². The standard InChI is InChI=1S/C15H28N2O2/c1-12(2)17(10-13-5-3-7-16-9-13)15(18)14-6-4-8-19-11-14/h12-14,16H,3-11H2,1-2H3. The van der Waals surface area contributed by atoms with Crippen molar-refractivity contribution in [1.82, 2.24) is 10.2 Å². The van der Waals surface area contributed by atoms with Gasteiger partial charge in [0.1, 0.15) is 0 Å². The van der Waals surface area contributed by atoms with Gasteiger partial charge < -0.3 is 15.0 Å².